The molecule has 0 bridgehead atoms. The first-order valence-corrected chi connectivity index (χ1v) is 7.13. The van der Waals surface area contributed by atoms with E-state index in [1.165, 1.54) is 6.07 Å². The molecule has 1 rings (SSSR count). The number of unbranched alkanes of at least 4 members (excludes halogenated alkanes) is 1. The summed E-state index contributed by atoms with van der Waals surface area (Å²) in [7, 11) is 0. The van der Waals surface area contributed by atoms with E-state index in [0.29, 0.717) is 18.5 Å². The molecule has 0 fully saturated rings. The van der Waals surface area contributed by atoms with Crippen molar-refractivity contribution in [2.45, 2.75) is 38.9 Å². The molecular weight excluding hydrogens is 279 g/mol. The number of ether oxygens (including phenoxy) is 1. The molecule has 118 valence electrons. The molecule has 1 aromatic rings. The van der Waals surface area contributed by atoms with E-state index < -0.39 is 11.7 Å². The molecule has 0 radical (unpaired) electrons. The molecule has 0 atom stereocenters. The molecule has 0 spiro atoms. The van der Waals surface area contributed by atoms with Crippen LogP contribution >= 0.6 is 0 Å². The number of hydrogen-bond donors (Lipinski definition) is 1. The monoisotopic (exact) mass is 301 g/mol. The van der Waals surface area contributed by atoms with Crippen LogP contribution in [0.4, 0.5) is 13.2 Å². The van der Waals surface area contributed by atoms with Crippen LogP contribution in [0.5, 0.6) is 5.75 Å². The maximum Gasteiger partial charge on any atom is 0.419 e. The molecule has 0 aliphatic rings. The molecule has 0 saturated heterocycles. The number of alkyl halides is 3. The molecule has 5 heteroatoms. The summed E-state index contributed by atoms with van der Waals surface area (Å²) >= 11 is 0. The SMILES string of the molecule is C=CCCCOc1ccc(CNCCC)cc1C(F)(F)F. The standard InChI is InChI=1S/C16H22F3NO/c1-3-5-6-10-21-15-8-7-13(12-20-9-4-2)11-14(15)16(17,18)19/h3,7-8,11,20H,1,4-6,9-10,12H2,2H3. The molecule has 1 N–H and O–H groups in total. The average Bonchev–Trinajstić information content (AvgIpc) is 2.44. The summed E-state index contributed by atoms with van der Waals surface area (Å²) in [5.74, 6) is -0.106. The summed E-state index contributed by atoms with van der Waals surface area (Å²) in [6.45, 7) is 7.03. The van der Waals surface area contributed by atoms with Crippen LogP contribution in [-0.4, -0.2) is 13.2 Å². The van der Waals surface area contributed by atoms with Gasteiger partial charge in [0.05, 0.1) is 12.2 Å². The first-order chi connectivity index (χ1) is 9.99. The van der Waals surface area contributed by atoms with E-state index in [9.17, 15) is 13.2 Å². The molecule has 0 aliphatic carbocycles. The summed E-state index contributed by atoms with van der Waals surface area (Å²) in [5.41, 5.74) is -0.105. The third-order valence-corrected chi connectivity index (χ3v) is 2.92. The zero-order valence-corrected chi connectivity index (χ0v) is 12.3. The van der Waals surface area contributed by atoms with E-state index in [2.05, 4.69) is 11.9 Å². The third-order valence-electron chi connectivity index (χ3n) is 2.92. The zero-order valence-electron chi connectivity index (χ0n) is 12.3. The summed E-state index contributed by atoms with van der Waals surface area (Å²) in [4.78, 5) is 0. The van der Waals surface area contributed by atoms with E-state index in [1.807, 2.05) is 6.92 Å². The smallest absolute Gasteiger partial charge is 0.419 e. The Bertz CT molecular complexity index is 444. The predicted molar refractivity (Wildman–Crippen MR) is 78.4 cm³/mol. The molecule has 0 heterocycles. The number of benzene rings is 1. The summed E-state index contributed by atoms with van der Waals surface area (Å²) in [5, 5.41) is 3.09. The number of hydrogen-bond acceptors (Lipinski definition) is 2. The van der Waals surface area contributed by atoms with Crippen LogP contribution in [0.3, 0.4) is 0 Å². The van der Waals surface area contributed by atoms with Crippen LogP contribution < -0.4 is 10.1 Å². The van der Waals surface area contributed by atoms with Crippen molar-refractivity contribution < 1.29 is 17.9 Å². The van der Waals surface area contributed by atoms with Crippen molar-refractivity contribution in [2.24, 2.45) is 0 Å². The Morgan fingerprint density at radius 3 is 2.71 bits per heavy atom. The Morgan fingerprint density at radius 2 is 2.10 bits per heavy atom. The third kappa shape index (κ3) is 6.21. The van der Waals surface area contributed by atoms with Gasteiger partial charge in [-0.15, -0.1) is 6.58 Å². The summed E-state index contributed by atoms with van der Waals surface area (Å²) in [6, 6.07) is 4.23. The average molecular weight is 301 g/mol. The molecule has 2 nitrogen and oxygen atoms in total. The van der Waals surface area contributed by atoms with Gasteiger partial charge >= 0.3 is 6.18 Å². The van der Waals surface area contributed by atoms with E-state index in [1.54, 1.807) is 12.1 Å². The Labute approximate surface area is 124 Å². The van der Waals surface area contributed by atoms with Crippen LogP contribution in [0.25, 0.3) is 0 Å². The van der Waals surface area contributed by atoms with E-state index in [-0.39, 0.29) is 12.4 Å². The van der Waals surface area contributed by atoms with Gasteiger partial charge in [0.25, 0.3) is 0 Å². The lowest BCUT2D eigenvalue weighted by atomic mass is 10.1. The normalized spacial score (nSPS) is 11.4. The minimum atomic E-state index is -4.41. The minimum absolute atomic E-state index is 0.106. The summed E-state index contributed by atoms with van der Waals surface area (Å²) < 4.78 is 44.5. The minimum Gasteiger partial charge on any atom is -0.493 e. The first-order valence-electron chi connectivity index (χ1n) is 7.13. The van der Waals surface area contributed by atoms with Crippen LogP contribution in [0.2, 0.25) is 0 Å². The Morgan fingerprint density at radius 1 is 1.33 bits per heavy atom. The fraction of sp³-hybridized carbons (Fsp3) is 0.500. The van der Waals surface area contributed by atoms with Crippen LogP contribution in [0.1, 0.15) is 37.3 Å². The zero-order chi connectivity index (χ0) is 15.7. The van der Waals surface area contributed by atoms with Gasteiger partial charge in [0.15, 0.2) is 0 Å². The van der Waals surface area contributed by atoms with Gasteiger partial charge in [0.1, 0.15) is 5.75 Å². The maximum absolute atomic E-state index is 13.1. The second-order valence-corrected chi connectivity index (χ2v) is 4.78. The van der Waals surface area contributed by atoms with Gasteiger partial charge in [-0.3, -0.25) is 0 Å². The van der Waals surface area contributed by atoms with E-state index in [0.717, 1.165) is 25.5 Å². The van der Waals surface area contributed by atoms with Gasteiger partial charge < -0.3 is 10.1 Å². The van der Waals surface area contributed by atoms with Crippen LogP contribution in [0, 0.1) is 0 Å². The fourth-order valence-corrected chi connectivity index (χ4v) is 1.85. The predicted octanol–water partition coefficient (Wildman–Crippen LogP) is 4.55. The molecule has 1 aromatic carbocycles. The Kier molecular flexibility index (Phi) is 7.29. The quantitative estimate of drug-likeness (QED) is 0.533. The molecule has 0 amide bonds. The van der Waals surface area contributed by atoms with Crippen molar-refractivity contribution in [1.29, 1.82) is 0 Å². The number of allylic oxidation sites excluding steroid dienone is 1. The van der Waals surface area contributed by atoms with E-state index >= 15 is 0 Å². The number of rotatable bonds is 9. The highest BCUT2D eigenvalue weighted by Gasteiger charge is 2.34. The second-order valence-electron chi connectivity index (χ2n) is 4.78. The molecule has 0 aromatic heterocycles. The van der Waals surface area contributed by atoms with Crippen LogP contribution in [0.15, 0.2) is 30.9 Å². The molecule has 0 aliphatic heterocycles. The highest BCUT2D eigenvalue weighted by atomic mass is 19.4. The van der Waals surface area contributed by atoms with Crippen molar-refractivity contribution in [3.63, 3.8) is 0 Å². The van der Waals surface area contributed by atoms with Crippen LogP contribution in [-0.2, 0) is 12.7 Å². The highest BCUT2D eigenvalue weighted by Crippen LogP contribution is 2.37. The van der Waals surface area contributed by atoms with Crippen molar-refractivity contribution in [3.05, 3.63) is 42.0 Å². The molecule has 0 saturated carbocycles. The topological polar surface area (TPSA) is 21.3 Å². The molecule has 0 unspecified atom stereocenters. The lowest BCUT2D eigenvalue weighted by molar-refractivity contribution is -0.139. The van der Waals surface area contributed by atoms with Crippen molar-refractivity contribution in [2.75, 3.05) is 13.2 Å². The largest absolute Gasteiger partial charge is 0.493 e. The van der Waals surface area contributed by atoms with Crippen molar-refractivity contribution in [3.8, 4) is 5.75 Å². The first kappa shape index (κ1) is 17.6. The van der Waals surface area contributed by atoms with Gasteiger partial charge in [0.2, 0.25) is 0 Å². The van der Waals surface area contributed by atoms with Gasteiger partial charge in [0, 0.05) is 6.54 Å². The highest BCUT2D eigenvalue weighted by molar-refractivity contribution is 5.39. The fourth-order valence-electron chi connectivity index (χ4n) is 1.85. The molecule has 21 heavy (non-hydrogen) atoms. The van der Waals surface area contributed by atoms with Crippen molar-refractivity contribution >= 4 is 0 Å². The van der Waals surface area contributed by atoms with Gasteiger partial charge in [-0.2, -0.15) is 13.2 Å². The second kappa shape index (κ2) is 8.72. The maximum atomic E-state index is 13.1. The van der Waals surface area contributed by atoms with Crippen molar-refractivity contribution in [1.82, 2.24) is 5.32 Å². The van der Waals surface area contributed by atoms with Gasteiger partial charge in [-0.05, 0) is 43.5 Å². The Balaban J connectivity index is 2.79. The lowest BCUT2D eigenvalue weighted by Crippen LogP contribution is -2.15. The van der Waals surface area contributed by atoms with Gasteiger partial charge in [-0.25, -0.2) is 0 Å². The number of nitrogens with one attached hydrogen (secondary N) is 1. The van der Waals surface area contributed by atoms with E-state index in [4.69, 9.17) is 4.74 Å². The summed E-state index contributed by atoms with van der Waals surface area (Å²) in [6.07, 6.45) is -0.372. The lowest BCUT2D eigenvalue weighted by Gasteiger charge is -2.15. The Hall–Kier alpha value is -1.49. The number of halogens is 3. The molecular formula is C16H22F3NO. The van der Waals surface area contributed by atoms with Gasteiger partial charge in [-0.1, -0.05) is 19.1 Å².